The molecule has 7 nitrogen and oxygen atoms in total. The van der Waals surface area contributed by atoms with E-state index in [2.05, 4.69) is 4.85 Å². The van der Waals surface area contributed by atoms with Crippen molar-refractivity contribution in [1.29, 1.82) is 0 Å². The van der Waals surface area contributed by atoms with Crippen molar-refractivity contribution >= 4 is 11.5 Å². The molecule has 1 aliphatic rings. The lowest BCUT2D eigenvalue weighted by Gasteiger charge is -2.31. The first kappa shape index (κ1) is 23.6. The van der Waals surface area contributed by atoms with Gasteiger partial charge in [-0.3, -0.25) is 4.79 Å². The normalized spacial score (nSPS) is 14.3. The van der Waals surface area contributed by atoms with Crippen LogP contribution in [0.15, 0.2) is 47.3 Å². The van der Waals surface area contributed by atoms with Crippen molar-refractivity contribution in [3.8, 4) is 22.5 Å². The van der Waals surface area contributed by atoms with Crippen molar-refractivity contribution in [2.75, 3.05) is 24.6 Å². The van der Waals surface area contributed by atoms with Gasteiger partial charge in [-0.1, -0.05) is 42.0 Å². The molecule has 3 aromatic rings. The molecule has 3 N–H and O–H groups in total. The highest BCUT2D eigenvalue weighted by Gasteiger charge is 2.25. The number of anilines is 1. The summed E-state index contributed by atoms with van der Waals surface area (Å²) in [4.78, 5) is 23.7. The Bertz CT molecular complexity index is 1270. The molecule has 176 valence electrons. The van der Waals surface area contributed by atoms with E-state index in [0.29, 0.717) is 42.3 Å². The fourth-order valence-corrected chi connectivity index (χ4v) is 4.27. The summed E-state index contributed by atoms with van der Waals surface area (Å²) in [5.41, 5.74) is 9.08. The van der Waals surface area contributed by atoms with Crippen molar-refractivity contribution in [2.24, 2.45) is 5.73 Å². The molecule has 0 amide bonds. The van der Waals surface area contributed by atoms with E-state index >= 15 is 0 Å². The Hall–Kier alpha value is -3.54. The molecule has 0 unspecified atom stereocenters. The second-order valence-electron chi connectivity index (χ2n) is 8.64. The molecular formula is C26H28FN5O2. The van der Waals surface area contributed by atoms with Crippen molar-refractivity contribution in [2.45, 2.75) is 38.8 Å². The lowest BCUT2D eigenvalue weighted by Crippen LogP contribution is -2.43. The van der Waals surface area contributed by atoms with Gasteiger partial charge in [0.15, 0.2) is 5.82 Å². The number of halogens is 1. The molecule has 4 rings (SSSR count). The van der Waals surface area contributed by atoms with Gasteiger partial charge in [0.05, 0.1) is 18.0 Å². The van der Waals surface area contributed by atoms with Gasteiger partial charge >= 0.3 is 0 Å². The van der Waals surface area contributed by atoms with Crippen LogP contribution in [0.2, 0.25) is 0 Å². The van der Waals surface area contributed by atoms with Gasteiger partial charge < -0.3 is 20.3 Å². The van der Waals surface area contributed by atoms with E-state index in [0.717, 1.165) is 24.0 Å². The van der Waals surface area contributed by atoms with Crippen molar-refractivity contribution in [3.63, 3.8) is 0 Å². The minimum Gasteiger partial charge on any atom is -0.396 e. The SMILES string of the molecule is [C-]#[N+]c1ccc(-c2nc(N3CCC(N)CC3)c(=O)n(CCCO)c2-c2ccc(C)cc2)cc1F. The Kier molecular flexibility index (Phi) is 7.06. The van der Waals surface area contributed by atoms with Crippen LogP contribution in [-0.4, -0.2) is 40.4 Å². The molecule has 0 radical (unpaired) electrons. The number of aliphatic hydroxyl groups is 1. The van der Waals surface area contributed by atoms with Crippen molar-refractivity contribution in [1.82, 2.24) is 9.55 Å². The van der Waals surface area contributed by atoms with Gasteiger partial charge in [0, 0.05) is 43.4 Å². The van der Waals surface area contributed by atoms with Gasteiger partial charge in [-0.05, 0) is 32.3 Å². The molecule has 1 fully saturated rings. The van der Waals surface area contributed by atoms with Gasteiger partial charge in [-0.15, -0.1) is 0 Å². The Morgan fingerprint density at radius 1 is 1.18 bits per heavy atom. The summed E-state index contributed by atoms with van der Waals surface area (Å²) >= 11 is 0. The number of hydrogen-bond donors (Lipinski definition) is 2. The molecule has 0 bridgehead atoms. The topological polar surface area (TPSA) is 88.7 Å². The molecule has 1 aromatic heterocycles. The molecule has 0 atom stereocenters. The summed E-state index contributed by atoms with van der Waals surface area (Å²) in [5.74, 6) is -0.340. The zero-order chi connectivity index (χ0) is 24.2. The number of nitrogens with zero attached hydrogens (tertiary/aromatic N) is 4. The molecule has 2 heterocycles. The summed E-state index contributed by atoms with van der Waals surface area (Å²) in [7, 11) is 0. The quantitative estimate of drug-likeness (QED) is 0.544. The molecule has 0 saturated carbocycles. The van der Waals surface area contributed by atoms with Crippen LogP contribution in [0.4, 0.5) is 15.9 Å². The van der Waals surface area contributed by atoms with Gasteiger partial charge in [0.1, 0.15) is 5.82 Å². The zero-order valence-electron chi connectivity index (χ0n) is 19.2. The third-order valence-corrected chi connectivity index (χ3v) is 6.19. The maximum absolute atomic E-state index is 14.6. The largest absolute Gasteiger partial charge is 0.396 e. The van der Waals surface area contributed by atoms with Crippen LogP contribution in [0, 0.1) is 19.3 Å². The van der Waals surface area contributed by atoms with E-state index < -0.39 is 5.82 Å². The summed E-state index contributed by atoms with van der Waals surface area (Å²) in [5, 5.41) is 9.51. The lowest BCUT2D eigenvalue weighted by atomic mass is 10.0. The van der Waals surface area contributed by atoms with E-state index in [1.54, 1.807) is 10.6 Å². The molecular weight excluding hydrogens is 433 g/mol. The first-order chi connectivity index (χ1) is 16.4. The molecule has 2 aromatic carbocycles. The van der Waals surface area contributed by atoms with Crippen LogP contribution in [0.1, 0.15) is 24.8 Å². The van der Waals surface area contributed by atoms with Crippen LogP contribution in [-0.2, 0) is 6.54 Å². The first-order valence-corrected chi connectivity index (χ1v) is 11.4. The molecule has 1 aliphatic heterocycles. The number of aliphatic hydroxyl groups excluding tert-OH is 1. The lowest BCUT2D eigenvalue weighted by molar-refractivity contribution is 0.279. The third-order valence-electron chi connectivity index (χ3n) is 6.19. The fraction of sp³-hybridized carbons (Fsp3) is 0.346. The van der Waals surface area contributed by atoms with E-state index in [4.69, 9.17) is 17.3 Å². The first-order valence-electron chi connectivity index (χ1n) is 11.4. The summed E-state index contributed by atoms with van der Waals surface area (Å²) in [6.07, 6.45) is 1.89. The number of rotatable bonds is 6. The molecule has 34 heavy (non-hydrogen) atoms. The standard InChI is InChI=1S/C26H28FN5O2/c1-17-4-6-18(7-5-17)24-23(19-8-9-22(29-2)21(27)16-19)30-25(26(34)32(24)12-3-15-33)31-13-10-20(28)11-14-31/h4-9,16,20,33H,3,10-15,28H2,1H3. The Balaban J connectivity index is 1.99. The molecule has 1 saturated heterocycles. The van der Waals surface area contributed by atoms with Gasteiger partial charge in [-0.2, -0.15) is 0 Å². The Morgan fingerprint density at radius 2 is 1.85 bits per heavy atom. The molecule has 8 heteroatoms. The third kappa shape index (κ3) is 4.72. The van der Waals surface area contributed by atoms with E-state index in [1.807, 2.05) is 36.1 Å². The number of aryl methyl sites for hydroxylation is 1. The van der Waals surface area contributed by atoms with Gasteiger partial charge in [-0.25, -0.2) is 14.2 Å². The zero-order valence-corrected chi connectivity index (χ0v) is 19.2. The second kappa shape index (κ2) is 10.2. The molecule has 0 aliphatic carbocycles. The highest BCUT2D eigenvalue weighted by Crippen LogP contribution is 2.34. The average Bonchev–Trinajstić information content (AvgIpc) is 2.84. The predicted octanol–water partition coefficient (Wildman–Crippen LogP) is 3.89. The Morgan fingerprint density at radius 3 is 2.47 bits per heavy atom. The van der Waals surface area contributed by atoms with Crippen LogP contribution in [0.5, 0.6) is 0 Å². The summed E-state index contributed by atoms with van der Waals surface area (Å²) in [6.45, 7) is 10.6. The minimum atomic E-state index is -0.636. The van der Waals surface area contributed by atoms with E-state index in [1.165, 1.54) is 12.1 Å². The van der Waals surface area contributed by atoms with E-state index in [9.17, 15) is 14.3 Å². The number of piperidine rings is 1. The maximum atomic E-state index is 14.6. The predicted molar refractivity (Wildman–Crippen MR) is 131 cm³/mol. The van der Waals surface area contributed by atoms with Crippen molar-refractivity contribution in [3.05, 3.63) is 75.6 Å². The van der Waals surface area contributed by atoms with Gasteiger partial charge in [0.2, 0.25) is 5.69 Å². The smallest absolute Gasteiger partial charge is 0.294 e. The number of benzene rings is 2. The number of aromatic nitrogens is 2. The van der Waals surface area contributed by atoms with Crippen LogP contribution in [0.25, 0.3) is 27.4 Å². The minimum absolute atomic E-state index is 0.0698. The summed E-state index contributed by atoms with van der Waals surface area (Å²) in [6, 6.07) is 12.2. The van der Waals surface area contributed by atoms with Gasteiger partial charge in [0.25, 0.3) is 5.56 Å². The maximum Gasteiger partial charge on any atom is 0.294 e. The Labute approximate surface area is 198 Å². The highest BCUT2D eigenvalue weighted by molar-refractivity contribution is 5.80. The summed E-state index contributed by atoms with van der Waals surface area (Å²) < 4.78 is 16.3. The highest BCUT2D eigenvalue weighted by atomic mass is 19.1. The van der Waals surface area contributed by atoms with Crippen LogP contribution < -0.4 is 16.2 Å². The monoisotopic (exact) mass is 461 g/mol. The second-order valence-corrected chi connectivity index (χ2v) is 8.64. The number of nitrogens with two attached hydrogens (primary N) is 1. The van der Waals surface area contributed by atoms with E-state index in [-0.39, 0.29) is 30.4 Å². The molecule has 0 spiro atoms. The number of hydrogen-bond acceptors (Lipinski definition) is 5. The fourth-order valence-electron chi connectivity index (χ4n) is 4.27. The van der Waals surface area contributed by atoms with Crippen molar-refractivity contribution < 1.29 is 9.50 Å². The average molecular weight is 462 g/mol. The van der Waals surface area contributed by atoms with Crippen LogP contribution >= 0.6 is 0 Å². The van der Waals surface area contributed by atoms with Crippen LogP contribution in [0.3, 0.4) is 0 Å².